The zero-order chi connectivity index (χ0) is 33.9. The molecule has 4 aromatic carbocycles. The molecule has 0 aliphatic heterocycles. The SMILES string of the molecule is CCOc1ccccc1N(CC(=O)N(Cc1ccccc1)[C@H](Cc1ccccc1)C(=O)NC1CCCCC1)S(=O)(=O)c1ccc(Cl)cc1. The summed E-state index contributed by atoms with van der Waals surface area (Å²) in [6, 6.07) is 30.7. The summed E-state index contributed by atoms with van der Waals surface area (Å²) in [5.74, 6) is -0.463. The van der Waals surface area contributed by atoms with Crippen LogP contribution in [0.2, 0.25) is 5.02 Å². The highest BCUT2D eigenvalue weighted by atomic mass is 35.5. The number of sulfonamides is 1. The average molecular weight is 688 g/mol. The summed E-state index contributed by atoms with van der Waals surface area (Å²) in [6.07, 6.45) is 5.25. The van der Waals surface area contributed by atoms with Crippen molar-refractivity contribution in [2.24, 2.45) is 0 Å². The standard InChI is InChI=1S/C38H42ClN3O5S/c1-2-47-36-21-13-12-20-34(36)42(48(45,46)33-24-22-31(39)23-25-33)28-37(43)41(27-30-16-8-4-9-17-30)35(26-29-14-6-3-7-15-29)38(44)40-32-18-10-5-11-19-32/h3-4,6-9,12-17,20-25,32,35H,2,5,10-11,18-19,26-28H2,1H3,(H,40,44)/t35-/m1/s1. The molecule has 2 amide bonds. The van der Waals surface area contributed by atoms with E-state index in [0.717, 1.165) is 47.5 Å². The van der Waals surface area contributed by atoms with E-state index in [9.17, 15) is 18.0 Å². The maximum absolute atomic E-state index is 14.7. The number of hydrogen-bond acceptors (Lipinski definition) is 5. The van der Waals surface area contributed by atoms with Gasteiger partial charge in [-0.15, -0.1) is 0 Å². The van der Waals surface area contributed by atoms with Crippen molar-refractivity contribution in [3.63, 3.8) is 0 Å². The average Bonchev–Trinajstić information content (AvgIpc) is 3.10. The fourth-order valence-electron chi connectivity index (χ4n) is 6.07. The van der Waals surface area contributed by atoms with Gasteiger partial charge in [-0.25, -0.2) is 8.42 Å². The highest BCUT2D eigenvalue weighted by Crippen LogP contribution is 2.33. The first-order valence-electron chi connectivity index (χ1n) is 16.4. The molecule has 1 saturated carbocycles. The normalized spacial score (nSPS) is 14.1. The monoisotopic (exact) mass is 687 g/mol. The molecule has 0 bridgehead atoms. The molecule has 5 rings (SSSR count). The van der Waals surface area contributed by atoms with Gasteiger partial charge in [0.15, 0.2) is 0 Å². The fraction of sp³-hybridized carbons (Fsp3) is 0.316. The number of amides is 2. The largest absolute Gasteiger partial charge is 0.492 e. The lowest BCUT2D eigenvalue weighted by Crippen LogP contribution is -2.55. The van der Waals surface area contributed by atoms with Gasteiger partial charge in [0, 0.05) is 24.0 Å². The number of para-hydroxylation sites is 2. The van der Waals surface area contributed by atoms with E-state index in [1.54, 1.807) is 31.2 Å². The Labute approximate surface area is 288 Å². The van der Waals surface area contributed by atoms with Crippen molar-refractivity contribution >= 4 is 39.1 Å². The number of carbonyl (C=O) groups excluding carboxylic acids is 2. The molecule has 8 nitrogen and oxygen atoms in total. The van der Waals surface area contributed by atoms with Gasteiger partial charge in [-0.3, -0.25) is 13.9 Å². The summed E-state index contributed by atoms with van der Waals surface area (Å²) in [5, 5.41) is 3.62. The molecule has 0 unspecified atom stereocenters. The number of hydrogen-bond donors (Lipinski definition) is 1. The van der Waals surface area contributed by atoms with Gasteiger partial charge in [-0.2, -0.15) is 0 Å². The zero-order valence-electron chi connectivity index (χ0n) is 27.1. The Balaban J connectivity index is 1.58. The molecule has 4 aromatic rings. The zero-order valence-corrected chi connectivity index (χ0v) is 28.7. The van der Waals surface area contributed by atoms with Gasteiger partial charge in [-0.1, -0.05) is 104 Å². The second kappa shape index (κ2) is 16.7. The summed E-state index contributed by atoms with van der Waals surface area (Å²) < 4.78 is 35.6. The number of ether oxygens (including phenoxy) is 1. The summed E-state index contributed by atoms with van der Waals surface area (Å²) in [6.45, 7) is 1.64. The number of rotatable bonds is 14. The first kappa shape index (κ1) is 35.0. The van der Waals surface area contributed by atoms with Gasteiger partial charge in [0.25, 0.3) is 10.0 Å². The van der Waals surface area contributed by atoms with Crippen LogP contribution in [0.3, 0.4) is 0 Å². The molecule has 0 spiro atoms. The van der Waals surface area contributed by atoms with E-state index in [2.05, 4.69) is 5.32 Å². The smallest absolute Gasteiger partial charge is 0.264 e. The molecule has 1 atom stereocenters. The van der Waals surface area contributed by atoms with Crippen LogP contribution in [0.1, 0.15) is 50.2 Å². The minimum Gasteiger partial charge on any atom is -0.492 e. The van der Waals surface area contributed by atoms with E-state index >= 15 is 0 Å². The predicted octanol–water partition coefficient (Wildman–Crippen LogP) is 7.02. The number of benzene rings is 4. The highest BCUT2D eigenvalue weighted by Gasteiger charge is 2.36. The van der Waals surface area contributed by atoms with E-state index < -0.39 is 28.5 Å². The first-order chi connectivity index (χ1) is 23.3. The van der Waals surface area contributed by atoms with Gasteiger partial charge in [0.2, 0.25) is 11.8 Å². The van der Waals surface area contributed by atoms with Gasteiger partial charge in [0.1, 0.15) is 18.3 Å². The topological polar surface area (TPSA) is 96.0 Å². The van der Waals surface area contributed by atoms with Crippen LogP contribution in [-0.4, -0.2) is 50.4 Å². The number of nitrogens with zero attached hydrogens (tertiary/aromatic N) is 2. The number of nitrogens with one attached hydrogen (secondary N) is 1. The third kappa shape index (κ3) is 8.96. The Morgan fingerprint density at radius 2 is 1.44 bits per heavy atom. The Bertz CT molecular complexity index is 1750. The lowest BCUT2D eigenvalue weighted by Gasteiger charge is -2.35. The van der Waals surface area contributed by atoms with E-state index in [1.165, 1.54) is 29.2 Å². The Morgan fingerprint density at radius 3 is 2.08 bits per heavy atom. The molecule has 1 aliphatic carbocycles. The molecule has 48 heavy (non-hydrogen) atoms. The fourth-order valence-corrected chi connectivity index (χ4v) is 7.62. The van der Waals surface area contributed by atoms with E-state index in [1.807, 2.05) is 60.7 Å². The highest BCUT2D eigenvalue weighted by molar-refractivity contribution is 7.92. The van der Waals surface area contributed by atoms with Gasteiger partial charge >= 0.3 is 0 Å². The van der Waals surface area contributed by atoms with Gasteiger partial charge in [-0.05, 0) is 67.3 Å². The summed E-state index contributed by atoms with van der Waals surface area (Å²) >= 11 is 6.10. The van der Waals surface area contributed by atoms with E-state index in [4.69, 9.17) is 16.3 Å². The van der Waals surface area contributed by atoms with Crippen LogP contribution in [0.25, 0.3) is 0 Å². The quantitative estimate of drug-likeness (QED) is 0.154. The van der Waals surface area contributed by atoms with E-state index in [0.29, 0.717) is 17.4 Å². The maximum Gasteiger partial charge on any atom is 0.264 e. The molecule has 252 valence electrons. The predicted molar refractivity (Wildman–Crippen MR) is 190 cm³/mol. The molecule has 1 fully saturated rings. The Kier molecular flexibility index (Phi) is 12.1. The Morgan fingerprint density at radius 1 is 0.833 bits per heavy atom. The molecule has 0 radical (unpaired) electrons. The minimum atomic E-state index is -4.29. The van der Waals surface area contributed by atoms with E-state index in [-0.39, 0.29) is 35.5 Å². The molecule has 1 N–H and O–H groups in total. The van der Waals surface area contributed by atoms with Crippen LogP contribution in [-0.2, 0) is 32.6 Å². The van der Waals surface area contributed by atoms with Crippen LogP contribution in [0.15, 0.2) is 114 Å². The Hall–Kier alpha value is -4.34. The van der Waals surface area contributed by atoms with Crippen molar-refractivity contribution in [1.82, 2.24) is 10.2 Å². The third-order valence-electron chi connectivity index (χ3n) is 8.53. The number of carbonyl (C=O) groups is 2. The number of halogens is 1. The van der Waals surface area contributed by atoms with Crippen molar-refractivity contribution in [1.29, 1.82) is 0 Å². The van der Waals surface area contributed by atoms with Crippen LogP contribution >= 0.6 is 11.6 Å². The second-order valence-electron chi connectivity index (χ2n) is 11.9. The molecular weight excluding hydrogens is 646 g/mol. The van der Waals surface area contributed by atoms with Gasteiger partial charge < -0.3 is 15.0 Å². The van der Waals surface area contributed by atoms with Crippen molar-refractivity contribution in [3.05, 3.63) is 125 Å². The molecule has 0 aromatic heterocycles. The lowest BCUT2D eigenvalue weighted by molar-refractivity contribution is -0.140. The van der Waals surface area contributed by atoms with Crippen LogP contribution in [0.5, 0.6) is 5.75 Å². The van der Waals surface area contributed by atoms with Crippen LogP contribution < -0.4 is 14.4 Å². The second-order valence-corrected chi connectivity index (χ2v) is 14.2. The van der Waals surface area contributed by atoms with Crippen molar-refractivity contribution in [2.45, 2.75) is 69.0 Å². The lowest BCUT2D eigenvalue weighted by atomic mass is 9.94. The number of anilines is 1. The van der Waals surface area contributed by atoms with Crippen LogP contribution in [0, 0.1) is 0 Å². The van der Waals surface area contributed by atoms with Gasteiger partial charge in [0.05, 0.1) is 17.2 Å². The third-order valence-corrected chi connectivity index (χ3v) is 10.6. The molecule has 10 heteroatoms. The van der Waals surface area contributed by atoms with Crippen molar-refractivity contribution < 1.29 is 22.7 Å². The molecule has 1 aliphatic rings. The minimum absolute atomic E-state index is 0.0260. The summed E-state index contributed by atoms with van der Waals surface area (Å²) in [5.41, 5.74) is 1.92. The van der Waals surface area contributed by atoms with Crippen LogP contribution in [0.4, 0.5) is 5.69 Å². The molecule has 0 saturated heterocycles. The molecule has 0 heterocycles. The maximum atomic E-state index is 14.7. The van der Waals surface area contributed by atoms with Crippen molar-refractivity contribution in [3.8, 4) is 5.75 Å². The molecular formula is C38H42ClN3O5S. The summed E-state index contributed by atoms with van der Waals surface area (Å²) in [7, 11) is -4.29. The van der Waals surface area contributed by atoms with Crippen molar-refractivity contribution in [2.75, 3.05) is 17.5 Å². The summed E-state index contributed by atoms with van der Waals surface area (Å²) in [4.78, 5) is 30.5. The first-order valence-corrected chi connectivity index (χ1v) is 18.3.